The summed E-state index contributed by atoms with van der Waals surface area (Å²) in [4.78, 5) is 12.4. The SMILES string of the molecule is COC(=O)C1=CSC(=C2SC3=C(SCCOCCOCCOCCS3)S2)S1. The number of esters is 1. The summed E-state index contributed by atoms with van der Waals surface area (Å²) in [5.41, 5.74) is 0. The molecule has 3 heterocycles. The van der Waals surface area contributed by atoms with Crippen LogP contribution in [0.15, 0.2) is 27.3 Å². The lowest BCUT2D eigenvalue weighted by molar-refractivity contribution is -0.135. The molecule has 0 amide bonds. The number of carbonyl (C=O) groups excluding carboxylic acids is 1. The van der Waals surface area contributed by atoms with E-state index >= 15 is 0 Å². The Kier molecular flexibility index (Phi) is 10.3. The van der Waals surface area contributed by atoms with Gasteiger partial charge in [-0.25, -0.2) is 4.79 Å². The fourth-order valence-corrected chi connectivity index (χ4v) is 10.2. The molecule has 0 saturated carbocycles. The van der Waals surface area contributed by atoms with Crippen LogP contribution in [0.5, 0.6) is 0 Å². The van der Waals surface area contributed by atoms with E-state index in [1.54, 1.807) is 35.3 Å². The van der Waals surface area contributed by atoms with E-state index in [0.717, 1.165) is 15.7 Å². The molecule has 3 rings (SSSR count). The van der Waals surface area contributed by atoms with Gasteiger partial charge in [0.25, 0.3) is 0 Å². The third-order valence-corrected chi connectivity index (χ3v) is 11.6. The highest BCUT2D eigenvalue weighted by Gasteiger charge is 2.29. The third-order valence-electron chi connectivity index (χ3n) is 3.23. The highest BCUT2D eigenvalue weighted by atomic mass is 32.3. The summed E-state index contributed by atoms with van der Waals surface area (Å²) in [6.45, 7) is 3.88. The summed E-state index contributed by atoms with van der Waals surface area (Å²) in [6, 6.07) is 0. The lowest BCUT2D eigenvalue weighted by Gasteiger charge is -2.06. The van der Waals surface area contributed by atoms with Gasteiger partial charge in [-0.3, -0.25) is 0 Å². The van der Waals surface area contributed by atoms with Crippen molar-refractivity contribution in [3.05, 3.63) is 27.3 Å². The minimum atomic E-state index is -0.270. The Labute approximate surface area is 184 Å². The van der Waals surface area contributed by atoms with Gasteiger partial charge in [0.05, 0.1) is 63.7 Å². The largest absolute Gasteiger partial charge is 0.465 e. The zero-order valence-corrected chi connectivity index (χ0v) is 19.6. The third kappa shape index (κ3) is 7.14. The molecule has 0 aromatic rings. The van der Waals surface area contributed by atoms with Gasteiger partial charge in [0.15, 0.2) is 0 Å². The first-order valence-electron chi connectivity index (χ1n) is 8.24. The molecule has 0 atom stereocenters. The Morgan fingerprint density at radius 3 is 1.93 bits per heavy atom. The second-order valence-corrected chi connectivity index (χ2v) is 12.3. The van der Waals surface area contributed by atoms with Gasteiger partial charge in [0, 0.05) is 11.5 Å². The summed E-state index contributed by atoms with van der Waals surface area (Å²) in [6.07, 6.45) is 0. The van der Waals surface area contributed by atoms with E-state index in [4.69, 9.17) is 18.9 Å². The maximum absolute atomic E-state index is 11.7. The van der Waals surface area contributed by atoms with E-state index in [2.05, 4.69) is 0 Å². The van der Waals surface area contributed by atoms with Crippen LogP contribution in [-0.4, -0.2) is 64.2 Å². The first-order valence-corrected chi connectivity index (χ1v) is 13.5. The first-order chi connectivity index (χ1) is 13.3. The quantitative estimate of drug-likeness (QED) is 0.485. The molecule has 0 saturated heterocycles. The van der Waals surface area contributed by atoms with Crippen molar-refractivity contribution in [1.82, 2.24) is 0 Å². The van der Waals surface area contributed by atoms with Gasteiger partial charge in [0.2, 0.25) is 0 Å². The number of methoxy groups -OCH3 is 1. The smallest absolute Gasteiger partial charge is 0.345 e. The predicted molar refractivity (Wildman–Crippen MR) is 122 cm³/mol. The van der Waals surface area contributed by atoms with Crippen molar-refractivity contribution in [2.45, 2.75) is 0 Å². The standard InChI is InChI=1S/C16H20O5S6/c1-18-12(17)11-10-24-15(25-11)16-26-13-14(27-16)23-9-7-21-5-3-19-2-4-20-6-8-22-13/h10H,2-9H2,1H3. The molecule has 150 valence electrons. The molecule has 0 N–H and O–H groups in total. The van der Waals surface area contributed by atoms with E-state index in [1.807, 2.05) is 28.9 Å². The van der Waals surface area contributed by atoms with E-state index in [1.165, 1.54) is 31.6 Å². The van der Waals surface area contributed by atoms with Crippen molar-refractivity contribution in [1.29, 1.82) is 0 Å². The van der Waals surface area contributed by atoms with Crippen molar-refractivity contribution >= 4 is 76.5 Å². The maximum atomic E-state index is 11.7. The van der Waals surface area contributed by atoms with E-state index in [-0.39, 0.29) is 5.97 Å². The van der Waals surface area contributed by atoms with E-state index in [9.17, 15) is 4.79 Å². The van der Waals surface area contributed by atoms with Crippen LogP contribution >= 0.6 is 70.6 Å². The summed E-state index contributed by atoms with van der Waals surface area (Å²) >= 11 is 10.3. The zero-order valence-electron chi connectivity index (χ0n) is 14.7. The fourth-order valence-electron chi connectivity index (χ4n) is 2.00. The first kappa shape index (κ1) is 22.4. The number of hydrogen-bond acceptors (Lipinski definition) is 11. The second kappa shape index (κ2) is 12.4. The molecule has 0 radical (unpaired) electrons. The average Bonchev–Trinajstić information content (AvgIpc) is 3.31. The molecule has 3 aliphatic heterocycles. The molecule has 0 aromatic carbocycles. The topological polar surface area (TPSA) is 54.0 Å². The highest BCUT2D eigenvalue weighted by molar-refractivity contribution is 8.42. The van der Waals surface area contributed by atoms with Crippen molar-refractivity contribution in [2.24, 2.45) is 0 Å². The lowest BCUT2D eigenvalue weighted by Crippen LogP contribution is -2.11. The number of hydrogen-bond donors (Lipinski definition) is 0. The Morgan fingerprint density at radius 2 is 1.37 bits per heavy atom. The van der Waals surface area contributed by atoms with Crippen LogP contribution in [0.2, 0.25) is 0 Å². The van der Waals surface area contributed by atoms with Crippen LogP contribution in [0.25, 0.3) is 0 Å². The Morgan fingerprint density at radius 1 is 0.815 bits per heavy atom. The Balaban J connectivity index is 1.60. The van der Waals surface area contributed by atoms with Crippen molar-refractivity contribution in [3.8, 4) is 0 Å². The minimum Gasteiger partial charge on any atom is -0.465 e. The van der Waals surface area contributed by atoms with Crippen LogP contribution in [0, 0.1) is 0 Å². The van der Waals surface area contributed by atoms with Gasteiger partial charge in [0.1, 0.15) is 4.91 Å². The lowest BCUT2D eigenvalue weighted by atomic mass is 10.6. The van der Waals surface area contributed by atoms with Crippen LogP contribution in [0.4, 0.5) is 0 Å². The van der Waals surface area contributed by atoms with Gasteiger partial charge in [-0.05, 0) is 5.41 Å². The number of thioether (sulfide) groups is 6. The average molecular weight is 485 g/mol. The van der Waals surface area contributed by atoms with Gasteiger partial charge >= 0.3 is 5.97 Å². The Bertz CT molecular complexity index is 605. The maximum Gasteiger partial charge on any atom is 0.345 e. The van der Waals surface area contributed by atoms with Gasteiger partial charge in [-0.1, -0.05) is 47.0 Å². The molecule has 3 aliphatic rings. The van der Waals surface area contributed by atoms with Crippen LogP contribution in [0.3, 0.4) is 0 Å². The molecule has 0 bridgehead atoms. The van der Waals surface area contributed by atoms with Crippen molar-refractivity contribution in [3.63, 3.8) is 0 Å². The fraction of sp³-hybridized carbons (Fsp3) is 0.562. The molecule has 0 aliphatic carbocycles. The summed E-state index contributed by atoms with van der Waals surface area (Å²) < 4.78 is 26.5. The molecule has 5 nitrogen and oxygen atoms in total. The van der Waals surface area contributed by atoms with Crippen LogP contribution in [0.1, 0.15) is 0 Å². The zero-order chi connectivity index (χ0) is 18.9. The molecule has 11 heteroatoms. The molecule has 0 spiro atoms. The van der Waals surface area contributed by atoms with E-state index < -0.39 is 0 Å². The monoisotopic (exact) mass is 484 g/mol. The molecule has 0 aromatic heterocycles. The van der Waals surface area contributed by atoms with Crippen LogP contribution < -0.4 is 0 Å². The summed E-state index contributed by atoms with van der Waals surface area (Å²) in [5.74, 6) is 1.56. The van der Waals surface area contributed by atoms with Gasteiger partial charge in [-0.15, -0.1) is 23.5 Å². The molecule has 0 unspecified atom stereocenters. The number of ether oxygens (including phenoxy) is 4. The van der Waals surface area contributed by atoms with Crippen LogP contribution in [-0.2, 0) is 23.7 Å². The van der Waals surface area contributed by atoms with Gasteiger partial charge < -0.3 is 18.9 Å². The predicted octanol–water partition coefficient (Wildman–Crippen LogP) is 4.74. The Hall–Kier alpha value is 0.670. The molecule has 27 heavy (non-hydrogen) atoms. The summed E-state index contributed by atoms with van der Waals surface area (Å²) in [7, 11) is 1.42. The minimum absolute atomic E-state index is 0.270. The normalized spacial score (nSPS) is 23.5. The van der Waals surface area contributed by atoms with Gasteiger partial charge in [-0.2, -0.15) is 0 Å². The van der Waals surface area contributed by atoms with E-state index in [0.29, 0.717) is 44.5 Å². The molecular weight excluding hydrogens is 465 g/mol. The molecular formula is C16H20O5S6. The van der Waals surface area contributed by atoms with Crippen molar-refractivity contribution < 1.29 is 23.7 Å². The number of rotatable bonds is 1. The molecule has 0 fully saturated rings. The van der Waals surface area contributed by atoms with Crippen molar-refractivity contribution in [2.75, 3.05) is 58.3 Å². The number of carbonyl (C=O) groups is 1. The highest BCUT2D eigenvalue weighted by Crippen LogP contribution is 2.62. The second-order valence-electron chi connectivity index (χ2n) is 5.08. The summed E-state index contributed by atoms with van der Waals surface area (Å²) in [5, 5.41) is 1.88.